The van der Waals surface area contributed by atoms with Crippen molar-refractivity contribution in [2.45, 2.75) is 233 Å². The van der Waals surface area contributed by atoms with E-state index in [1.54, 1.807) is 6.08 Å². The summed E-state index contributed by atoms with van der Waals surface area (Å²) in [6, 6.07) is -2.31. The third kappa shape index (κ3) is 14.4. The molecule has 17 atom stereocenters. The molecule has 0 aromatic heterocycles. The highest BCUT2D eigenvalue weighted by molar-refractivity contribution is 5.77. The zero-order valence-corrected chi connectivity index (χ0v) is 39.4. The highest BCUT2D eigenvalue weighted by atomic mass is 16.8. The molecule has 0 spiro atoms. The first-order chi connectivity index (χ1) is 32.2. The summed E-state index contributed by atoms with van der Waals surface area (Å²) in [5.41, 5.74) is 5.92. The normalized spacial score (nSPS) is 41.7. The van der Waals surface area contributed by atoms with Gasteiger partial charge in [0.2, 0.25) is 5.91 Å². The van der Waals surface area contributed by atoms with Gasteiger partial charge < -0.3 is 90.5 Å². The summed E-state index contributed by atoms with van der Waals surface area (Å²) in [6.45, 7) is -0.386. The van der Waals surface area contributed by atoms with Crippen molar-refractivity contribution in [1.29, 1.82) is 0 Å². The summed E-state index contributed by atoms with van der Waals surface area (Å²) in [5.74, 6) is 1.77. The van der Waals surface area contributed by atoms with E-state index in [9.17, 15) is 55.9 Å². The Bertz CT molecular complexity index is 1460. The number of aliphatic hydroxyl groups is 10. The smallest absolute Gasteiger partial charge is 0.220 e. The van der Waals surface area contributed by atoms with Crippen LogP contribution >= 0.6 is 0 Å². The molecule has 0 aromatic carbocycles. The summed E-state index contributed by atoms with van der Waals surface area (Å²) in [7, 11) is 0. The standard InChI is InChI=1S/C48H84N2O17/c1-2-3-4-5-6-7-8-9-10-11-12-13-14-15-31(54)30(50-35(55)22-48-19-27-16-28(20-48)18-29(17-27)21-48)26-62-46-41(60)39(58)44(33(24-52)64-46)67-47-42(61)40(59)43(34(25-53)65-47)66-45-36(49)38(57)37(56)32(23-51)63-45/h14-15,27-34,36-47,51-54,56-61H,2-13,16-26,49H2,1H3,(H,50,55)/b15-14+/t27?,28?,29?,30-,31+,32+,33+,34+,36+,37-,38+,39+,40+,41+,42+,43-,44+,45+,46+,47-,48?/m0/s1. The molecule has 3 heterocycles. The maximum absolute atomic E-state index is 13.8. The maximum atomic E-state index is 13.8. The Balaban J connectivity index is 1.03. The van der Waals surface area contributed by atoms with E-state index < -0.39 is 124 Å². The molecular weight excluding hydrogens is 877 g/mol. The van der Waals surface area contributed by atoms with Crippen LogP contribution in [-0.4, -0.2) is 188 Å². The molecule has 4 bridgehead atoms. The minimum absolute atomic E-state index is 0.0532. The molecule has 19 heteroatoms. The topological polar surface area (TPSA) is 313 Å². The van der Waals surface area contributed by atoms with Crippen LogP contribution in [-0.2, 0) is 33.2 Å². The van der Waals surface area contributed by atoms with Gasteiger partial charge in [-0.1, -0.05) is 83.3 Å². The number of carbonyl (C=O) groups excluding carboxylic acids is 1. The first-order valence-electron chi connectivity index (χ1n) is 25.4. The van der Waals surface area contributed by atoms with Crippen molar-refractivity contribution in [2.75, 3.05) is 26.4 Å². The van der Waals surface area contributed by atoms with Gasteiger partial charge in [0, 0.05) is 6.42 Å². The molecule has 1 amide bonds. The van der Waals surface area contributed by atoms with Gasteiger partial charge in [-0.3, -0.25) is 4.79 Å². The molecule has 0 radical (unpaired) electrons. The van der Waals surface area contributed by atoms with Gasteiger partial charge in [-0.15, -0.1) is 0 Å². The molecule has 67 heavy (non-hydrogen) atoms. The summed E-state index contributed by atoms with van der Waals surface area (Å²) in [5, 5.41) is 110. The molecule has 7 rings (SSSR count). The van der Waals surface area contributed by atoms with Gasteiger partial charge in [-0.05, 0) is 74.5 Å². The second kappa shape index (κ2) is 26.3. The predicted molar refractivity (Wildman–Crippen MR) is 240 cm³/mol. The summed E-state index contributed by atoms with van der Waals surface area (Å²) in [4.78, 5) is 13.8. The van der Waals surface area contributed by atoms with Crippen LogP contribution in [0.15, 0.2) is 12.2 Å². The average Bonchev–Trinajstić information content (AvgIpc) is 3.30. The SMILES string of the molecule is CCCCCCCCCCCCC/C=C/[C@@H](O)[C@H](CO[C@@H]1O[C@H](CO)[C@@H](O[C@@H]2O[C@H](CO)[C@H](O[C@H]3O[C@H](CO)[C@H](O)[C@H](O)[C@H]3N)[C@H](O)[C@H]2O)[C@H](O)[C@H]1O)NC(=O)CC12CC3CC(CC(C3)C1)C2. The highest BCUT2D eigenvalue weighted by Crippen LogP contribution is 2.61. The predicted octanol–water partition coefficient (Wildman–Crippen LogP) is 0.127. The van der Waals surface area contributed by atoms with E-state index in [1.165, 1.54) is 70.6 Å². The Morgan fingerprint density at radius 3 is 1.67 bits per heavy atom. The lowest BCUT2D eigenvalue weighted by molar-refractivity contribution is -0.373. The van der Waals surface area contributed by atoms with Crippen LogP contribution < -0.4 is 11.1 Å². The van der Waals surface area contributed by atoms with Gasteiger partial charge in [-0.25, -0.2) is 0 Å². The van der Waals surface area contributed by atoms with Gasteiger partial charge >= 0.3 is 0 Å². The van der Waals surface area contributed by atoms with Crippen molar-refractivity contribution in [3.63, 3.8) is 0 Å². The number of amides is 1. The third-order valence-corrected chi connectivity index (χ3v) is 15.4. The number of rotatable bonds is 27. The monoisotopic (exact) mass is 961 g/mol. The maximum Gasteiger partial charge on any atom is 0.220 e. The first kappa shape index (κ1) is 54.9. The zero-order valence-electron chi connectivity index (χ0n) is 39.4. The Hall–Kier alpha value is -1.47. The fourth-order valence-electron chi connectivity index (χ4n) is 12.1. The van der Waals surface area contributed by atoms with Crippen LogP contribution in [0.3, 0.4) is 0 Å². The van der Waals surface area contributed by atoms with E-state index in [1.807, 2.05) is 6.08 Å². The number of carbonyl (C=O) groups is 1. The van der Waals surface area contributed by atoms with E-state index >= 15 is 0 Å². The van der Waals surface area contributed by atoms with Crippen molar-refractivity contribution in [1.82, 2.24) is 5.32 Å². The van der Waals surface area contributed by atoms with Crippen LogP contribution in [0.2, 0.25) is 0 Å². The lowest BCUT2D eigenvalue weighted by atomic mass is 9.49. The quantitative estimate of drug-likeness (QED) is 0.0385. The van der Waals surface area contributed by atoms with Gasteiger partial charge in [0.25, 0.3) is 0 Å². The highest BCUT2D eigenvalue weighted by Gasteiger charge is 2.54. The molecule has 3 saturated heterocycles. The molecule has 7 aliphatic rings. The fraction of sp³-hybridized carbons (Fsp3) is 0.938. The van der Waals surface area contributed by atoms with Gasteiger partial charge in [-0.2, -0.15) is 0 Å². The Labute approximate surface area is 395 Å². The summed E-state index contributed by atoms with van der Waals surface area (Å²) >= 11 is 0. The molecule has 0 unspecified atom stereocenters. The second-order valence-corrected chi connectivity index (χ2v) is 20.7. The molecular formula is C48H84N2O17. The fourth-order valence-corrected chi connectivity index (χ4v) is 12.1. The lowest BCUT2D eigenvalue weighted by Crippen LogP contribution is -2.67. The average molecular weight is 961 g/mol. The number of unbranched alkanes of at least 4 members (excludes halogenated alkanes) is 11. The van der Waals surface area contributed by atoms with E-state index in [0.29, 0.717) is 24.2 Å². The molecule has 19 nitrogen and oxygen atoms in total. The zero-order chi connectivity index (χ0) is 48.3. The Morgan fingerprint density at radius 2 is 1.13 bits per heavy atom. The third-order valence-electron chi connectivity index (χ3n) is 15.4. The van der Waals surface area contributed by atoms with E-state index in [4.69, 9.17) is 34.2 Å². The van der Waals surface area contributed by atoms with Crippen LogP contribution in [0.1, 0.15) is 129 Å². The number of nitrogens with one attached hydrogen (secondary N) is 1. The molecule has 4 saturated carbocycles. The Morgan fingerprint density at radius 1 is 0.657 bits per heavy atom. The van der Waals surface area contributed by atoms with Crippen LogP contribution in [0.5, 0.6) is 0 Å². The van der Waals surface area contributed by atoms with Crippen molar-refractivity contribution in [3.05, 3.63) is 12.2 Å². The number of nitrogens with two attached hydrogens (primary N) is 1. The van der Waals surface area contributed by atoms with Crippen molar-refractivity contribution in [2.24, 2.45) is 28.9 Å². The molecule has 0 aromatic rings. The van der Waals surface area contributed by atoms with Crippen molar-refractivity contribution in [3.8, 4) is 0 Å². The van der Waals surface area contributed by atoms with E-state index in [2.05, 4.69) is 12.2 Å². The number of ether oxygens (including phenoxy) is 6. The first-order valence-corrected chi connectivity index (χ1v) is 25.4. The van der Waals surface area contributed by atoms with E-state index in [-0.39, 0.29) is 17.9 Å². The molecule has 3 aliphatic heterocycles. The Kier molecular flexibility index (Phi) is 21.5. The molecule has 7 fully saturated rings. The summed E-state index contributed by atoms with van der Waals surface area (Å²) in [6.07, 6.45) is 1.09. The van der Waals surface area contributed by atoms with Crippen molar-refractivity contribution < 1.29 is 84.3 Å². The minimum Gasteiger partial charge on any atom is -0.394 e. The van der Waals surface area contributed by atoms with Gasteiger partial charge in [0.05, 0.1) is 44.6 Å². The number of hydrogen-bond donors (Lipinski definition) is 12. The van der Waals surface area contributed by atoms with Crippen LogP contribution in [0, 0.1) is 23.2 Å². The van der Waals surface area contributed by atoms with E-state index in [0.717, 1.165) is 44.9 Å². The lowest BCUT2D eigenvalue weighted by Gasteiger charge is -2.56. The second-order valence-electron chi connectivity index (χ2n) is 20.7. The largest absolute Gasteiger partial charge is 0.394 e. The van der Waals surface area contributed by atoms with Crippen molar-refractivity contribution >= 4 is 5.91 Å². The van der Waals surface area contributed by atoms with Crippen LogP contribution in [0.25, 0.3) is 0 Å². The van der Waals surface area contributed by atoms with Gasteiger partial charge in [0.1, 0.15) is 67.1 Å². The van der Waals surface area contributed by atoms with Gasteiger partial charge in [0.15, 0.2) is 18.9 Å². The summed E-state index contributed by atoms with van der Waals surface area (Å²) < 4.78 is 34.6. The van der Waals surface area contributed by atoms with Crippen LogP contribution in [0.4, 0.5) is 0 Å². The molecule has 4 aliphatic carbocycles. The number of hydrogen-bond acceptors (Lipinski definition) is 18. The number of allylic oxidation sites excluding steroid dienone is 1. The molecule has 388 valence electrons. The number of aliphatic hydroxyl groups excluding tert-OH is 10. The minimum atomic E-state index is -1.93. The molecule has 13 N–H and O–H groups in total.